The van der Waals surface area contributed by atoms with Crippen molar-refractivity contribution >= 4 is 28.9 Å². The summed E-state index contributed by atoms with van der Waals surface area (Å²) in [6, 6.07) is 7.77. The zero-order chi connectivity index (χ0) is 14.0. The standard InChI is InChI=1S/C14H12Cl2FNO/c1-2-8-5-9(3-4-10(8)15)19-14-6-11(16)12(17)7-13(14)18/h3-7H,2,18H2,1H3. The van der Waals surface area contributed by atoms with Gasteiger partial charge in [0.15, 0.2) is 5.75 Å². The molecular formula is C14H12Cl2FNO. The van der Waals surface area contributed by atoms with Crippen LogP contribution in [0.25, 0.3) is 0 Å². The van der Waals surface area contributed by atoms with Crippen molar-refractivity contribution < 1.29 is 9.13 Å². The smallest absolute Gasteiger partial charge is 0.151 e. The van der Waals surface area contributed by atoms with E-state index in [0.29, 0.717) is 16.5 Å². The number of hydrogen-bond acceptors (Lipinski definition) is 2. The second-order valence-corrected chi connectivity index (χ2v) is 4.83. The van der Waals surface area contributed by atoms with Crippen LogP contribution in [-0.4, -0.2) is 0 Å². The van der Waals surface area contributed by atoms with Crippen molar-refractivity contribution in [1.29, 1.82) is 0 Å². The predicted molar refractivity (Wildman–Crippen MR) is 76.7 cm³/mol. The fourth-order valence-corrected chi connectivity index (χ4v) is 2.05. The van der Waals surface area contributed by atoms with E-state index in [1.807, 2.05) is 13.0 Å². The number of ether oxygens (including phenoxy) is 1. The van der Waals surface area contributed by atoms with Crippen LogP contribution >= 0.6 is 23.2 Å². The molecule has 2 aromatic carbocycles. The van der Waals surface area contributed by atoms with Gasteiger partial charge in [-0.25, -0.2) is 4.39 Å². The van der Waals surface area contributed by atoms with Gasteiger partial charge in [-0.05, 0) is 30.2 Å². The normalized spacial score (nSPS) is 10.5. The number of anilines is 1. The highest BCUT2D eigenvalue weighted by atomic mass is 35.5. The van der Waals surface area contributed by atoms with Gasteiger partial charge < -0.3 is 10.5 Å². The summed E-state index contributed by atoms with van der Waals surface area (Å²) in [4.78, 5) is 0. The first kappa shape index (κ1) is 14.0. The lowest BCUT2D eigenvalue weighted by molar-refractivity contribution is 0.482. The minimum absolute atomic E-state index is 0.0334. The van der Waals surface area contributed by atoms with Gasteiger partial charge in [0.05, 0.1) is 10.7 Å². The van der Waals surface area contributed by atoms with E-state index < -0.39 is 5.82 Å². The van der Waals surface area contributed by atoms with E-state index in [1.54, 1.807) is 12.1 Å². The maximum atomic E-state index is 13.2. The van der Waals surface area contributed by atoms with Crippen LogP contribution < -0.4 is 10.5 Å². The Kier molecular flexibility index (Phi) is 4.17. The van der Waals surface area contributed by atoms with Crippen LogP contribution in [0.5, 0.6) is 11.5 Å². The molecule has 100 valence electrons. The molecule has 2 nitrogen and oxygen atoms in total. The molecule has 0 fully saturated rings. The largest absolute Gasteiger partial charge is 0.455 e. The molecule has 19 heavy (non-hydrogen) atoms. The predicted octanol–water partition coefficient (Wildman–Crippen LogP) is 5.07. The number of nitrogen functional groups attached to an aromatic ring is 1. The van der Waals surface area contributed by atoms with Gasteiger partial charge in [-0.15, -0.1) is 0 Å². The molecule has 2 rings (SSSR count). The van der Waals surface area contributed by atoms with Crippen LogP contribution in [0, 0.1) is 5.82 Å². The molecule has 0 aliphatic carbocycles. The summed E-state index contributed by atoms with van der Waals surface area (Å²) in [6.45, 7) is 1.99. The van der Waals surface area contributed by atoms with E-state index in [1.165, 1.54) is 6.07 Å². The third kappa shape index (κ3) is 3.11. The van der Waals surface area contributed by atoms with E-state index >= 15 is 0 Å². The summed E-state index contributed by atoms with van der Waals surface area (Å²) < 4.78 is 18.8. The first-order valence-corrected chi connectivity index (χ1v) is 6.47. The molecule has 5 heteroatoms. The zero-order valence-corrected chi connectivity index (χ0v) is 11.7. The van der Waals surface area contributed by atoms with Crippen molar-refractivity contribution in [3.05, 3.63) is 51.8 Å². The Balaban J connectivity index is 2.33. The van der Waals surface area contributed by atoms with Gasteiger partial charge in [-0.1, -0.05) is 30.1 Å². The van der Waals surface area contributed by atoms with Crippen molar-refractivity contribution in [1.82, 2.24) is 0 Å². The highest BCUT2D eigenvalue weighted by molar-refractivity contribution is 6.31. The van der Waals surface area contributed by atoms with Crippen LogP contribution in [0.3, 0.4) is 0 Å². The lowest BCUT2D eigenvalue weighted by Crippen LogP contribution is -1.94. The SMILES string of the molecule is CCc1cc(Oc2cc(Cl)c(F)cc2N)ccc1Cl. The molecule has 0 spiro atoms. The Hall–Kier alpha value is -1.45. The summed E-state index contributed by atoms with van der Waals surface area (Å²) in [5.41, 5.74) is 6.84. The Labute approximate surface area is 120 Å². The molecule has 0 amide bonds. The molecule has 0 saturated heterocycles. The number of hydrogen-bond donors (Lipinski definition) is 1. The van der Waals surface area contributed by atoms with Crippen LogP contribution in [0.4, 0.5) is 10.1 Å². The molecule has 0 atom stereocenters. The van der Waals surface area contributed by atoms with Gasteiger partial charge in [0.1, 0.15) is 11.6 Å². The van der Waals surface area contributed by atoms with Crippen molar-refractivity contribution in [2.24, 2.45) is 0 Å². The first-order chi connectivity index (χ1) is 9.01. The van der Waals surface area contributed by atoms with Gasteiger partial charge in [0, 0.05) is 17.2 Å². The van der Waals surface area contributed by atoms with Gasteiger partial charge in [0.2, 0.25) is 0 Å². The summed E-state index contributed by atoms with van der Waals surface area (Å²) >= 11 is 11.7. The number of benzene rings is 2. The lowest BCUT2D eigenvalue weighted by Gasteiger charge is -2.11. The second kappa shape index (κ2) is 5.68. The molecule has 0 bridgehead atoms. The Bertz CT molecular complexity index is 617. The molecule has 0 aromatic heterocycles. The average molecular weight is 300 g/mol. The zero-order valence-electron chi connectivity index (χ0n) is 10.2. The summed E-state index contributed by atoms with van der Waals surface area (Å²) in [6.07, 6.45) is 0.787. The minimum Gasteiger partial charge on any atom is -0.455 e. The topological polar surface area (TPSA) is 35.2 Å². The van der Waals surface area contributed by atoms with Crippen molar-refractivity contribution in [2.45, 2.75) is 13.3 Å². The maximum absolute atomic E-state index is 13.2. The molecule has 0 saturated carbocycles. The average Bonchev–Trinajstić information content (AvgIpc) is 2.38. The molecular weight excluding hydrogens is 288 g/mol. The third-order valence-electron chi connectivity index (χ3n) is 2.68. The van der Waals surface area contributed by atoms with Crippen LogP contribution in [0.15, 0.2) is 30.3 Å². The monoisotopic (exact) mass is 299 g/mol. The Morgan fingerprint density at radius 1 is 1.16 bits per heavy atom. The fourth-order valence-electron chi connectivity index (χ4n) is 1.64. The molecule has 0 heterocycles. The Morgan fingerprint density at radius 3 is 2.58 bits per heavy atom. The molecule has 0 aliphatic heterocycles. The highest BCUT2D eigenvalue weighted by Crippen LogP contribution is 2.33. The molecule has 0 unspecified atom stereocenters. The van der Waals surface area contributed by atoms with Gasteiger partial charge >= 0.3 is 0 Å². The van der Waals surface area contributed by atoms with Crippen LogP contribution in [0.1, 0.15) is 12.5 Å². The minimum atomic E-state index is -0.572. The number of aryl methyl sites for hydroxylation is 1. The van der Waals surface area contributed by atoms with Gasteiger partial charge in [0.25, 0.3) is 0 Å². The van der Waals surface area contributed by atoms with E-state index in [4.69, 9.17) is 33.7 Å². The molecule has 0 radical (unpaired) electrons. The number of rotatable bonds is 3. The lowest BCUT2D eigenvalue weighted by atomic mass is 10.1. The van der Waals surface area contributed by atoms with Gasteiger partial charge in [-0.2, -0.15) is 0 Å². The van der Waals surface area contributed by atoms with E-state index in [0.717, 1.165) is 18.1 Å². The Morgan fingerprint density at radius 2 is 1.89 bits per heavy atom. The van der Waals surface area contributed by atoms with Gasteiger partial charge in [-0.3, -0.25) is 0 Å². The van der Waals surface area contributed by atoms with Crippen LogP contribution in [0.2, 0.25) is 10.0 Å². The summed E-state index contributed by atoms with van der Waals surface area (Å²) in [7, 11) is 0. The van der Waals surface area contributed by atoms with Crippen molar-refractivity contribution in [2.75, 3.05) is 5.73 Å². The molecule has 2 N–H and O–H groups in total. The molecule has 2 aromatic rings. The summed E-state index contributed by atoms with van der Waals surface area (Å²) in [5, 5.41) is 0.647. The van der Waals surface area contributed by atoms with Crippen molar-refractivity contribution in [3.63, 3.8) is 0 Å². The van der Waals surface area contributed by atoms with Crippen LogP contribution in [-0.2, 0) is 6.42 Å². The van der Waals surface area contributed by atoms with E-state index in [9.17, 15) is 4.39 Å². The van der Waals surface area contributed by atoms with E-state index in [2.05, 4.69) is 0 Å². The van der Waals surface area contributed by atoms with E-state index in [-0.39, 0.29) is 10.7 Å². The van der Waals surface area contributed by atoms with Crippen molar-refractivity contribution in [3.8, 4) is 11.5 Å². The fraction of sp³-hybridized carbons (Fsp3) is 0.143. The number of halogens is 3. The first-order valence-electron chi connectivity index (χ1n) is 5.72. The third-order valence-corrected chi connectivity index (χ3v) is 3.34. The maximum Gasteiger partial charge on any atom is 0.151 e. The second-order valence-electron chi connectivity index (χ2n) is 4.01. The molecule has 0 aliphatic rings. The quantitative estimate of drug-likeness (QED) is 0.803. The number of nitrogens with two attached hydrogens (primary N) is 1. The summed E-state index contributed by atoms with van der Waals surface area (Å²) in [5.74, 6) is 0.322. The highest BCUT2D eigenvalue weighted by Gasteiger charge is 2.09.